The van der Waals surface area contributed by atoms with Gasteiger partial charge in [0.15, 0.2) is 6.10 Å². The lowest BCUT2D eigenvalue weighted by Crippen LogP contribution is -2.34. The molecule has 0 heterocycles. The van der Waals surface area contributed by atoms with Gasteiger partial charge in [0.1, 0.15) is 11.5 Å². The van der Waals surface area contributed by atoms with Gasteiger partial charge in [-0.05, 0) is 56.7 Å². The molecule has 2 rings (SSSR count). The molecule has 6 heteroatoms. The Bertz CT molecular complexity index is 775. The Morgan fingerprint density at radius 3 is 2.71 bits per heavy atom. The molecule has 0 spiro atoms. The van der Waals surface area contributed by atoms with Crippen LogP contribution in [0.1, 0.15) is 25.0 Å². The van der Waals surface area contributed by atoms with Crippen molar-refractivity contribution in [3.05, 3.63) is 58.6 Å². The minimum Gasteiger partial charge on any atom is -0.508 e. The van der Waals surface area contributed by atoms with Gasteiger partial charge >= 0.3 is 0 Å². The largest absolute Gasteiger partial charge is 0.508 e. The summed E-state index contributed by atoms with van der Waals surface area (Å²) in [5, 5.41) is 14.1. The van der Waals surface area contributed by atoms with Gasteiger partial charge in [-0.3, -0.25) is 4.79 Å². The molecule has 2 N–H and O–H groups in total. The van der Waals surface area contributed by atoms with Crippen molar-refractivity contribution in [2.75, 3.05) is 0 Å². The average molecular weight is 347 g/mol. The molecular formula is C18H19ClN2O3. The number of carbonyl (C=O) groups is 1. The first-order valence-electron chi connectivity index (χ1n) is 7.43. The van der Waals surface area contributed by atoms with Crippen LogP contribution in [0.3, 0.4) is 0 Å². The van der Waals surface area contributed by atoms with E-state index in [0.29, 0.717) is 16.5 Å². The molecule has 0 saturated heterocycles. The molecule has 5 nitrogen and oxygen atoms in total. The third kappa shape index (κ3) is 4.73. The van der Waals surface area contributed by atoms with Gasteiger partial charge in [-0.2, -0.15) is 5.10 Å². The number of amides is 1. The predicted octanol–water partition coefficient (Wildman–Crippen LogP) is 3.66. The number of phenolic OH excluding ortho intramolecular Hbond substituents is 1. The summed E-state index contributed by atoms with van der Waals surface area (Å²) in [6, 6.07) is 11.8. The normalized spacial score (nSPS) is 12.6. The number of hydrogen-bond donors (Lipinski definition) is 2. The van der Waals surface area contributed by atoms with Crippen molar-refractivity contribution in [3.8, 4) is 11.5 Å². The number of rotatable bonds is 5. The van der Waals surface area contributed by atoms with Crippen LogP contribution in [0.25, 0.3) is 0 Å². The van der Waals surface area contributed by atoms with Crippen LogP contribution < -0.4 is 10.2 Å². The number of nitrogens with one attached hydrogen (secondary N) is 1. The summed E-state index contributed by atoms with van der Waals surface area (Å²) in [5.74, 6) is 0.364. The first kappa shape index (κ1) is 17.8. The van der Waals surface area contributed by atoms with E-state index in [0.717, 1.165) is 11.1 Å². The number of aryl methyl sites for hydroxylation is 1. The molecule has 0 aliphatic heterocycles. The number of carbonyl (C=O) groups excluding carboxylic acids is 1. The lowest BCUT2D eigenvalue weighted by molar-refractivity contribution is -0.127. The smallest absolute Gasteiger partial charge is 0.280 e. The van der Waals surface area contributed by atoms with Crippen LogP contribution in [0, 0.1) is 6.92 Å². The second-order valence-corrected chi connectivity index (χ2v) is 5.83. The maximum atomic E-state index is 12.1. The van der Waals surface area contributed by atoms with E-state index in [4.69, 9.17) is 16.3 Å². The van der Waals surface area contributed by atoms with Gasteiger partial charge in [-0.25, -0.2) is 5.43 Å². The fraction of sp³-hybridized carbons (Fsp3) is 0.222. The molecular weight excluding hydrogens is 328 g/mol. The van der Waals surface area contributed by atoms with Gasteiger partial charge in [-0.15, -0.1) is 0 Å². The molecule has 0 aliphatic carbocycles. The van der Waals surface area contributed by atoms with Gasteiger partial charge in [-0.1, -0.05) is 23.7 Å². The number of hydrazone groups is 1. The zero-order valence-corrected chi connectivity index (χ0v) is 14.5. The minimum atomic E-state index is -0.717. The highest BCUT2D eigenvalue weighted by Gasteiger charge is 2.15. The summed E-state index contributed by atoms with van der Waals surface area (Å²) in [6.07, 6.45) is -0.717. The number of aromatic hydroxyl groups is 1. The molecule has 0 aromatic heterocycles. The SMILES string of the molecule is C/C(=N\NC(=O)C(C)Oc1ccc(Cl)cc1C)c1cccc(O)c1. The molecule has 2 aromatic rings. The summed E-state index contributed by atoms with van der Waals surface area (Å²) in [6.45, 7) is 5.24. The monoisotopic (exact) mass is 346 g/mol. The number of nitrogens with zero attached hydrogens (tertiary/aromatic N) is 1. The highest BCUT2D eigenvalue weighted by Crippen LogP contribution is 2.22. The van der Waals surface area contributed by atoms with Crippen LogP contribution in [-0.2, 0) is 4.79 Å². The standard InChI is InChI=1S/C18H19ClN2O3/c1-11-9-15(19)7-8-17(11)24-13(3)18(23)21-20-12(2)14-5-4-6-16(22)10-14/h4-10,13,22H,1-3H3,(H,21,23)/b20-12+. The van der Waals surface area contributed by atoms with E-state index in [9.17, 15) is 9.90 Å². The predicted molar refractivity (Wildman–Crippen MR) is 94.7 cm³/mol. The summed E-state index contributed by atoms with van der Waals surface area (Å²) >= 11 is 5.90. The van der Waals surface area contributed by atoms with Crippen LogP contribution in [0.4, 0.5) is 0 Å². The summed E-state index contributed by atoms with van der Waals surface area (Å²) in [7, 11) is 0. The Morgan fingerprint density at radius 2 is 2.04 bits per heavy atom. The molecule has 1 atom stereocenters. The van der Waals surface area contributed by atoms with Crippen LogP contribution >= 0.6 is 11.6 Å². The molecule has 0 saturated carbocycles. The second-order valence-electron chi connectivity index (χ2n) is 5.39. The van der Waals surface area contributed by atoms with E-state index in [1.165, 1.54) is 0 Å². The summed E-state index contributed by atoms with van der Waals surface area (Å²) < 4.78 is 5.64. The van der Waals surface area contributed by atoms with Crippen molar-refractivity contribution in [2.24, 2.45) is 5.10 Å². The van der Waals surface area contributed by atoms with Gasteiger partial charge in [0.25, 0.3) is 5.91 Å². The molecule has 1 amide bonds. The van der Waals surface area contributed by atoms with Crippen molar-refractivity contribution in [1.29, 1.82) is 0 Å². The maximum Gasteiger partial charge on any atom is 0.280 e. The van der Waals surface area contributed by atoms with E-state index in [2.05, 4.69) is 10.5 Å². The fourth-order valence-corrected chi connectivity index (χ4v) is 2.24. The van der Waals surface area contributed by atoms with Crippen molar-refractivity contribution in [3.63, 3.8) is 0 Å². The first-order valence-corrected chi connectivity index (χ1v) is 7.81. The molecule has 0 radical (unpaired) electrons. The van der Waals surface area contributed by atoms with E-state index < -0.39 is 6.10 Å². The minimum absolute atomic E-state index is 0.142. The van der Waals surface area contributed by atoms with Gasteiger partial charge in [0.2, 0.25) is 0 Å². The van der Waals surface area contributed by atoms with Crippen LogP contribution in [0.15, 0.2) is 47.6 Å². The fourth-order valence-electron chi connectivity index (χ4n) is 2.01. The molecule has 0 aliphatic rings. The Labute approximate surface area is 145 Å². The van der Waals surface area contributed by atoms with Gasteiger partial charge in [0, 0.05) is 10.6 Å². The molecule has 0 fully saturated rings. The Hall–Kier alpha value is -2.53. The van der Waals surface area contributed by atoms with Crippen molar-refractivity contribution in [2.45, 2.75) is 26.9 Å². The Kier molecular flexibility index (Phi) is 5.82. The number of halogens is 1. The number of benzene rings is 2. The lowest BCUT2D eigenvalue weighted by atomic mass is 10.1. The molecule has 2 aromatic carbocycles. The lowest BCUT2D eigenvalue weighted by Gasteiger charge is -2.15. The maximum absolute atomic E-state index is 12.1. The highest BCUT2D eigenvalue weighted by molar-refractivity contribution is 6.30. The molecule has 1 unspecified atom stereocenters. The third-order valence-corrected chi connectivity index (χ3v) is 3.64. The van der Waals surface area contributed by atoms with Crippen molar-refractivity contribution >= 4 is 23.2 Å². The average Bonchev–Trinajstić information content (AvgIpc) is 2.54. The Morgan fingerprint density at radius 1 is 1.29 bits per heavy atom. The third-order valence-electron chi connectivity index (χ3n) is 3.41. The topological polar surface area (TPSA) is 70.9 Å². The van der Waals surface area contributed by atoms with E-state index in [1.54, 1.807) is 56.3 Å². The van der Waals surface area contributed by atoms with E-state index in [1.807, 2.05) is 6.92 Å². The zero-order valence-electron chi connectivity index (χ0n) is 13.7. The van der Waals surface area contributed by atoms with Gasteiger partial charge in [0.05, 0.1) is 5.71 Å². The van der Waals surface area contributed by atoms with Crippen LogP contribution in [0.5, 0.6) is 11.5 Å². The first-order chi connectivity index (χ1) is 11.4. The van der Waals surface area contributed by atoms with Crippen molar-refractivity contribution in [1.82, 2.24) is 5.43 Å². The summed E-state index contributed by atoms with van der Waals surface area (Å²) in [4.78, 5) is 12.1. The Balaban J connectivity index is 1.99. The number of ether oxygens (including phenoxy) is 1. The van der Waals surface area contributed by atoms with Crippen molar-refractivity contribution < 1.29 is 14.6 Å². The van der Waals surface area contributed by atoms with E-state index in [-0.39, 0.29) is 11.7 Å². The zero-order chi connectivity index (χ0) is 17.7. The highest BCUT2D eigenvalue weighted by atomic mass is 35.5. The second kappa shape index (κ2) is 7.84. The van der Waals surface area contributed by atoms with Crippen LogP contribution in [-0.4, -0.2) is 22.8 Å². The van der Waals surface area contributed by atoms with Gasteiger partial charge < -0.3 is 9.84 Å². The van der Waals surface area contributed by atoms with Crippen LogP contribution in [0.2, 0.25) is 5.02 Å². The van der Waals surface area contributed by atoms with E-state index >= 15 is 0 Å². The molecule has 126 valence electrons. The summed E-state index contributed by atoms with van der Waals surface area (Å²) in [5.41, 5.74) is 4.61. The molecule has 24 heavy (non-hydrogen) atoms. The number of phenols is 1. The quantitative estimate of drug-likeness (QED) is 0.641. The number of hydrogen-bond acceptors (Lipinski definition) is 4. The molecule has 0 bridgehead atoms.